The third-order valence-corrected chi connectivity index (χ3v) is 16.3. The van der Waals surface area contributed by atoms with Crippen molar-refractivity contribution in [2.24, 2.45) is 50.2 Å². The lowest BCUT2D eigenvalue weighted by molar-refractivity contribution is -0.214. The normalized spacial score (nSPS) is 39.3. The highest BCUT2D eigenvalue weighted by molar-refractivity contribution is 5.89. The number of aliphatic hydroxyl groups excluding tert-OH is 3. The van der Waals surface area contributed by atoms with Gasteiger partial charge < -0.3 is 34.3 Å². The van der Waals surface area contributed by atoms with Crippen LogP contribution in [0.25, 0.3) is 0 Å². The van der Waals surface area contributed by atoms with E-state index in [2.05, 4.69) is 54.5 Å². The van der Waals surface area contributed by atoms with Gasteiger partial charge in [-0.1, -0.05) is 67.0 Å². The van der Waals surface area contributed by atoms with E-state index in [1.807, 2.05) is 0 Å². The maximum Gasteiger partial charge on any atom is 0.377 e. The van der Waals surface area contributed by atoms with Crippen molar-refractivity contribution in [2.75, 3.05) is 13.2 Å². The summed E-state index contributed by atoms with van der Waals surface area (Å²) in [6.45, 7) is 18.2. The number of esters is 4. The predicted octanol–water partition coefficient (Wildman–Crippen LogP) is 7.98. The molecular formula is C44H66O11. The molecule has 0 radical (unpaired) electrons. The molecule has 55 heavy (non-hydrogen) atoms. The topological polar surface area (TPSA) is 166 Å². The summed E-state index contributed by atoms with van der Waals surface area (Å²) in [5, 5.41) is 30.6. The Morgan fingerprint density at radius 1 is 0.891 bits per heavy atom. The Morgan fingerprint density at radius 3 is 2.27 bits per heavy atom. The molecule has 0 bridgehead atoms. The Labute approximate surface area is 327 Å². The number of hydrogen-bond acceptors (Lipinski definition) is 11. The van der Waals surface area contributed by atoms with Crippen molar-refractivity contribution in [1.29, 1.82) is 0 Å². The molecule has 0 amide bonds. The van der Waals surface area contributed by atoms with Gasteiger partial charge in [0.25, 0.3) is 0 Å². The van der Waals surface area contributed by atoms with Gasteiger partial charge in [0.05, 0.1) is 12.0 Å². The lowest BCUT2D eigenvalue weighted by Gasteiger charge is -2.71. The summed E-state index contributed by atoms with van der Waals surface area (Å²) in [6.07, 6.45) is 10.0. The zero-order valence-corrected chi connectivity index (χ0v) is 34.5. The Kier molecular flexibility index (Phi) is 11.1. The molecule has 0 aromatic carbocycles. The minimum Gasteiger partial charge on any atom is -0.505 e. The summed E-state index contributed by atoms with van der Waals surface area (Å²) >= 11 is 0. The zero-order valence-electron chi connectivity index (χ0n) is 34.5. The minimum atomic E-state index is -1.52. The van der Waals surface area contributed by atoms with Gasteiger partial charge in [0, 0.05) is 18.3 Å². The first-order valence-electron chi connectivity index (χ1n) is 20.9. The van der Waals surface area contributed by atoms with Crippen LogP contribution in [0, 0.1) is 50.2 Å². The van der Waals surface area contributed by atoms with Crippen LogP contribution in [0.2, 0.25) is 0 Å². The van der Waals surface area contributed by atoms with Crippen LogP contribution in [0.4, 0.5) is 0 Å². The lowest BCUT2D eigenvalue weighted by atomic mass is 9.33. The van der Waals surface area contributed by atoms with Crippen LogP contribution in [-0.2, 0) is 38.1 Å². The van der Waals surface area contributed by atoms with Crippen molar-refractivity contribution in [2.45, 2.75) is 164 Å². The third-order valence-electron chi connectivity index (χ3n) is 16.3. The van der Waals surface area contributed by atoms with Crippen molar-refractivity contribution in [3.05, 3.63) is 23.2 Å². The summed E-state index contributed by atoms with van der Waals surface area (Å²) in [7, 11) is 0. The third kappa shape index (κ3) is 6.90. The highest BCUT2D eigenvalue weighted by Gasteiger charge is 2.69. The van der Waals surface area contributed by atoms with Gasteiger partial charge in [-0.3, -0.25) is 14.4 Å². The van der Waals surface area contributed by atoms with Gasteiger partial charge in [0.1, 0.15) is 18.8 Å². The number of carbonyl (C=O) groups is 4. The maximum atomic E-state index is 14.3. The Bertz CT molecular complexity index is 1610. The van der Waals surface area contributed by atoms with E-state index in [1.54, 1.807) is 6.92 Å². The number of allylic oxidation sites excluding steroid dienone is 2. The summed E-state index contributed by atoms with van der Waals surface area (Å²) in [4.78, 5) is 50.5. The number of cyclic esters (lactones) is 1. The van der Waals surface area contributed by atoms with Crippen LogP contribution < -0.4 is 0 Å². The fourth-order valence-electron chi connectivity index (χ4n) is 12.8. The van der Waals surface area contributed by atoms with E-state index in [4.69, 9.17) is 18.9 Å². The molecule has 0 saturated heterocycles. The number of carbonyl (C=O) groups excluding carboxylic acids is 4. The van der Waals surface area contributed by atoms with E-state index in [9.17, 15) is 34.5 Å². The first-order chi connectivity index (χ1) is 25.7. The number of aliphatic hydroxyl groups is 3. The molecule has 10 atom stereocenters. The molecule has 1 aliphatic heterocycles. The molecule has 3 N–H and O–H groups in total. The standard InChI is InChI=1S/C44H66O11/c1-9-32(46)52-23-11-10-12-33(47)54-31-16-17-41(6)29(40(31,4)5)15-18-43(8)30(41)14-13-26-27-24-39(2,3)19-21-44(27,22-20-42(26,43)7)38(51)53-25-28(45)36-34(48)35(49)37(50)55-36/h13,27-31,36,45,48-49H,9-12,14-25H2,1-8H3/t27-,28-,29?,30?,31-,36?,41-,42+,43+,44-/m0/s1. The summed E-state index contributed by atoms with van der Waals surface area (Å²) in [6, 6.07) is 0. The number of unbranched alkanes of at least 4 members (excludes halogenated alkanes) is 1. The minimum absolute atomic E-state index is 0.00474. The van der Waals surface area contributed by atoms with Gasteiger partial charge in [-0.2, -0.15) is 0 Å². The van der Waals surface area contributed by atoms with Crippen molar-refractivity contribution in [1.82, 2.24) is 0 Å². The molecule has 4 saturated carbocycles. The number of hydrogen-bond donors (Lipinski definition) is 3. The van der Waals surface area contributed by atoms with Crippen LogP contribution >= 0.6 is 0 Å². The molecule has 0 aromatic rings. The molecule has 308 valence electrons. The molecule has 11 heteroatoms. The van der Waals surface area contributed by atoms with Crippen LogP contribution in [0.5, 0.6) is 0 Å². The van der Waals surface area contributed by atoms with Crippen LogP contribution in [0.3, 0.4) is 0 Å². The maximum absolute atomic E-state index is 14.3. The van der Waals surface area contributed by atoms with Crippen molar-refractivity contribution in [3.8, 4) is 0 Å². The second-order valence-corrected chi connectivity index (χ2v) is 20.0. The van der Waals surface area contributed by atoms with Crippen molar-refractivity contribution < 1.29 is 53.4 Å². The second-order valence-electron chi connectivity index (χ2n) is 20.0. The summed E-state index contributed by atoms with van der Waals surface area (Å²) in [5.74, 6) is -2.79. The quantitative estimate of drug-likeness (QED) is 0.0807. The summed E-state index contributed by atoms with van der Waals surface area (Å²) in [5.41, 5.74) is 0.374. The van der Waals surface area contributed by atoms with E-state index >= 15 is 0 Å². The molecule has 5 aliphatic carbocycles. The average Bonchev–Trinajstić information content (AvgIpc) is 3.38. The highest BCUT2D eigenvalue weighted by Crippen LogP contribution is 2.76. The van der Waals surface area contributed by atoms with Crippen LogP contribution in [-0.4, -0.2) is 70.7 Å². The van der Waals surface area contributed by atoms with Gasteiger partial charge >= 0.3 is 23.9 Å². The van der Waals surface area contributed by atoms with E-state index in [1.165, 1.54) is 5.57 Å². The van der Waals surface area contributed by atoms with Crippen molar-refractivity contribution >= 4 is 23.9 Å². The van der Waals surface area contributed by atoms with Gasteiger partial charge in [-0.25, -0.2) is 4.79 Å². The molecular weight excluding hydrogens is 704 g/mol. The monoisotopic (exact) mass is 770 g/mol. The van der Waals surface area contributed by atoms with Crippen LogP contribution in [0.1, 0.15) is 145 Å². The largest absolute Gasteiger partial charge is 0.505 e. The van der Waals surface area contributed by atoms with Crippen LogP contribution in [0.15, 0.2) is 23.2 Å². The van der Waals surface area contributed by atoms with E-state index in [0.29, 0.717) is 57.0 Å². The predicted molar refractivity (Wildman–Crippen MR) is 203 cm³/mol. The Balaban J connectivity index is 1.19. The molecule has 1 heterocycles. The molecule has 3 unspecified atom stereocenters. The molecule has 11 nitrogen and oxygen atoms in total. The Morgan fingerprint density at radius 2 is 1.60 bits per heavy atom. The SMILES string of the molecule is CCC(=O)OCCCCC(=O)O[C@H]1CC[C@@]2(C)C(CC[C@]3(C)C2CC=C2[C@@H]4CC(C)(C)CC[C@]4(C(=O)OC[C@H](O)C4OC(=O)C(O)=C4O)CC[C@]23C)C1(C)C. The fraction of sp³-hybridized carbons (Fsp3) is 0.818. The van der Waals surface area contributed by atoms with Gasteiger partial charge in [0.2, 0.25) is 5.76 Å². The molecule has 4 fully saturated rings. The van der Waals surface area contributed by atoms with Gasteiger partial charge in [-0.05, 0) is 116 Å². The zero-order chi connectivity index (χ0) is 40.4. The number of ether oxygens (including phenoxy) is 4. The molecule has 0 aromatic heterocycles. The fourth-order valence-corrected chi connectivity index (χ4v) is 12.8. The first kappa shape index (κ1) is 41.6. The first-order valence-corrected chi connectivity index (χ1v) is 20.9. The summed E-state index contributed by atoms with van der Waals surface area (Å²) < 4.78 is 22.2. The lowest BCUT2D eigenvalue weighted by Crippen LogP contribution is -2.65. The van der Waals surface area contributed by atoms with Gasteiger partial charge in [-0.15, -0.1) is 0 Å². The van der Waals surface area contributed by atoms with E-state index in [0.717, 1.165) is 51.4 Å². The van der Waals surface area contributed by atoms with Gasteiger partial charge in [0.15, 0.2) is 11.9 Å². The van der Waals surface area contributed by atoms with E-state index in [-0.39, 0.29) is 57.0 Å². The number of rotatable bonds is 11. The molecule has 6 rings (SSSR count). The molecule has 6 aliphatic rings. The molecule has 0 spiro atoms. The van der Waals surface area contributed by atoms with E-state index < -0.39 is 41.7 Å². The second kappa shape index (κ2) is 14.7. The highest BCUT2D eigenvalue weighted by atomic mass is 16.6. The smallest absolute Gasteiger partial charge is 0.377 e. The van der Waals surface area contributed by atoms with Crippen molar-refractivity contribution in [3.63, 3.8) is 0 Å². The number of fused-ring (bicyclic) bond motifs is 7. The Hall–Kier alpha value is -3.08. The average molecular weight is 771 g/mol.